The second-order valence-electron chi connectivity index (χ2n) is 3.84. The molecule has 0 fully saturated rings. The van der Waals surface area contributed by atoms with Gasteiger partial charge in [-0.2, -0.15) is 18.3 Å². The Morgan fingerprint density at radius 2 is 1.85 bits per heavy atom. The molecular weight excluding hydrogens is 291 g/mol. The van der Waals surface area contributed by atoms with Gasteiger partial charge >= 0.3 is 6.18 Å². The van der Waals surface area contributed by atoms with Crippen molar-refractivity contribution in [2.45, 2.75) is 6.18 Å². The molecule has 0 saturated carbocycles. The molecule has 7 heteroatoms. The van der Waals surface area contributed by atoms with Crippen molar-refractivity contribution in [1.82, 2.24) is 4.98 Å². The van der Waals surface area contributed by atoms with Gasteiger partial charge in [-0.15, -0.1) is 0 Å². The Morgan fingerprint density at radius 3 is 2.50 bits per heavy atom. The molecule has 1 N–H and O–H groups in total. The maximum absolute atomic E-state index is 12.6. The van der Waals surface area contributed by atoms with Gasteiger partial charge in [0.05, 0.1) is 22.5 Å². The number of halogens is 4. The largest absolute Gasteiger partial charge is 0.416 e. The standard InChI is InChI=1S/C13H9ClF3N3/c14-11-2-1-10(13(15,16)17)7-12(11)20-19-8-9-3-5-18-6-4-9/h1-8,20H/b19-8-. The van der Waals surface area contributed by atoms with E-state index in [0.29, 0.717) is 0 Å². The number of benzene rings is 1. The molecule has 0 saturated heterocycles. The van der Waals surface area contributed by atoms with Crippen LogP contribution in [0.1, 0.15) is 11.1 Å². The van der Waals surface area contributed by atoms with E-state index in [1.165, 1.54) is 12.3 Å². The lowest BCUT2D eigenvalue weighted by Gasteiger charge is -2.09. The highest BCUT2D eigenvalue weighted by Crippen LogP contribution is 2.33. The van der Waals surface area contributed by atoms with Crippen molar-refractivity contribution in [2.24, 2.45) is 5.10 Å². The Kier molecular flexibility index (Phi) is 4.24. The van der Waals surface area contributed by atoms with Crippen molar-refractivity contribution in [3.05, 3.63) is 58.9 Å². The van der Waals surface area contributed by atoms with Gasteiger partial charge in [0.1, 0.15) is 0 Å². The van der Waals surface area contributed by atoms with E-state index in [-0.39, 0.29) is 10.7 Å². The topological polar surface area (TPSA) is 37.3 Å². The van der Waals surface area contributed by atoms with Crippen molar-refractivity contribution in [1.29, 1.82) is 0 Å². The van der Waals surface area contributed by atoms with E-state index in [2.05, 4.69) is 15.5 Å². The van der Waals surface area contributed by atoms with Crippen LogP contribution < -0.4 is 5.43 Å². The predicted octanol–water partition coefficient (Wildman–Crippen LogP) is 4.20. The summed E-state index contributed by atoms with van der Waals surface area (Å²) < 4.78 is 37.7. The van der Waals surface area contributed by atoms with Gasteiger partial charge in [0.25, 0.3) is 0 Å². The van der Waals surface area contributed by atoms with Crippen molar-refractivity contribution >= 4 is 23.5 Å². The number of nitrogens with one attached hydrogen (secondary N) is 1. The van der Waals surface area contributed by atoms with Crippen LogP contribution >= 0.6 is 11.6 Å². The zero-order chi connectivity index (χ0) is 14.6. The van der Waals surface area contributed by atoms with Crippen LogP contribution in [0.5, 0.6) is 0 Å². The van der Waals surface area contributed by atoms with Gasteiger partial charge in [0.2, 0.25) is 0 Å². The van der Waals surface area contributed by atoms with Crippen LogP contribution in [0.25, 0.3) is 0 Å². The summed E-state index contributed by atoms with van der Waals surface area (Å²) in [4.78, 5) is 3.84. The second-order valence-corrected chi connectivity index (χ2v) is 4.25. The molecule has 0 unspecified atom stereocenters. The fraction of sp³-hybridized carbons (Fsp3) is 0.0769. The summed E-state index contributed by atoms with van der Waals surface area (Å²) in [6.45, 7) is 0. The third-order valence-electron chi connectivity index (χ3n) is 2.40. The van der Waals surface area contributed by atoms with Gasteiger partial charge in [-0.05, 0) is 35.9 Å². The molecule has 0 aliphatic heterocycles. The van der Waals surface area contributed by atoms with Crippen LogP contribution in [-0.2, 0) is 6.18 Å². The maximum atomic E-state index is 12.6. The normalized spacial score (nSPS) is 11.8. The van der Waals surface area contributed by atoms with E-state index in [1.54, 1.807) is 24.5 Å². The zero-order valence-corrected chi connectivity index (χ0v) is 10.8. The molecular formula is C13H9ClF3N3. The lowest BCUT2D eigenvalue weighted by Crippen LogP contribution is -2.05. The number of nitrogens with zero attached hydrogens (tertiary/aromatic N) is 2. The molecule has 2 rings (SSSR count). The number of anilines is 1. The Bertz CT molecular complexity index is 612. The van der Waals surface area contributed by atoms with Gasteiger partial charge in [-0.1, -0.05) is 11.6 Å². The average molecular weight is 300 g/mol. The number of pyridine rings is 1. The van der Waals surface area contributed by atoms with E-state index in [0.717, 1.165) is 17.7 Å². The number of rotatable bonds is 3. The van der Waals surface area contributed by atoms with Gasteiger partial charge in [-0.3, -0.25) is 10.4 Å². The van der Waals surface area contributed by atoms with E-state index in [9.17, 15) is 13.2 Å². The summed E-state index contributed by atoms with van der Waals surface area (Å²) in [6.07, 6.45) is 0.200. The first-order valence-corrected chi connectivity index (χ1v) is 5.90. The molecule has 2 aromatic rings. The minimum atomic E-state index is -4.42. The Morgan fingerprint density at radius 1 is 1.15 bits per heavy atom. The quantitative estimate of drug-likeness (QED) is 0.681. The Hall–Kier alpha value is -2.08. The lowest BCUT2D eigenvalue weighted by atomic mass is 10.2. The predicted molar refractivity (Wildman–Crippen MR) is 71.9 cm³/mol. The van der Waals surface area contributed by atoms with Crippen molar-refractivity contribution in [3.8, 4) is 0 Å². The molecule has 0 aliphatic rings. The van der Waals surface area contributed by atoms with Crippen LogP contribution in [0.4, 0.5) is 18.9 Å². The fourth-order valence-electron chi connectivity index (χ4n) is 1.41. The number of hydrazone groups is 1. The molecule has 3 nitrogen and oxygen atoms in total. The van der Waals surface area contributed by atoms with E-state index < -0.39 is 11.7 Å². The van der Waals surface area contributed by atoms with Crippen LogP contribution in [-0.4, -0.2) is 11.2 Å². The van der Waals surface area contributed by atoms with Crippen molar-refractivity contribution < 1.29 is 13.2 Å². The second kappa shape index (κ2) is 5.92. The van der Waals surface area contributed by atoms with E-state index in [4.69, 9.17) is 11.6 Å². The first kappa shape index (κ1) is 14.3. The summed E-state index contributed by atoms with van der Waals surface area (Å²) in [5.74, 6) is 0. The fourth-order valence-corrected chi connectivity index (χ4v) is 1.57. The van der Waals surface area contributed by atoms with Gasteiger partial charge in [-0.25, -0.2) is 0 Å². The summed E-state index contributed by atoms with van der Waals surface area (Å²) in [5.41, 5.74) is 2.55. The van der Waals surface area contributed by atoms with Crippen LogP contribution in [0.2, 0.25) is 5.02 Å². The average Bonchev–Trinajstić information content (AvgIpc) is 2.41. The summed E-state index contributed by atoms with van der Waals surface area (Å²) in [7, 11) is 0. The highest BCUT2D eigenvalue weighted by molar-refractivity contribution is 6.33. The minimum Gasteiger partial charge on any atom is -0.277 e. The third kappa shape index (κ3) is 3.71. The molecule has 1 aromatic heterocycles. The summed E-state index contributed by atoms with van der Waals surface area (Å²) >= 11 is 5.81. The molecule has 0 spiro atoms. The zero-order valence-electron chi connectivity index (χ0n) is 10.0. The Labute approximate surface area is 118 Å². The van der Waals surface area contributed by atoms with Gasteiger partial charge in [0.15, 0.2) is 0 Å². The molecule has 1 heterocycles. The van der Waals surface area contributed by atoms with E-state index in [1.807, 2.05) is 0 Å². The maximum Gasteiger partial charge on any atom is 0.416 e. The first-order valence-electron chi connectivity index (χ1n) is 5.52. The highest BCUT2D eigenvalue weighted by Gasteiger charge is 2.30. The van der Waals surface area contributed by atoms with Crippen LogP contribution in [0.3, 0.4) is 0 Å². The lowest BCUT2D eigenvalue weighted by molar-refractivity contribution is -0.137. The molecule has 20 heavy (non-hydrogen) atoms. The number of aromatic nitrogens is 1. The first-order chi connectivity index (χ1) is 9.47. The third-order valence-corrected chi connectivity index (χ3v) is 2.73. The number of hydrogen-bond donors (Lipinski definition) is 1. The molecule has 1 aromatic carbocycles. The number of hydrogen-bond acceptors (Lipinski definition) is 3. The molecule has 0 radical (unpaired) electrons. The van der Waals surface area contributed by atoms with Gasteiger partial charge < -0.3 is 0 Å². The summed E-state index contributed by atoms with van der Waals surface area (Å²) in [5, 5.41) is 4.00. The SMILES string of the molecule is FC(F)(F)c1ccc(Cl)c(N/N=C\c2ccncc2)c1. The monoisotopic (exact) mass is 299 g/mol. The highest BCUT2D eigenvalue weighted by atomic mass is 35.5. The van der Waals surface area contributed by atoms with Gasteiger partial charge in [0, 0.05) is 12.4 Å². The Balaban J connectivity index is 2.15. The minimum absolute atomic E-state index is 0.0896. The van der Waals surface area contributed by atoms with E-state index >= 15 is 0 Å². The van der Waals surface area contributed by atoms with Crippen molar-refractivity contribution in [3.63, 3.8) is 0 Å². The van der Waals surface area contributed by atoms with Crippen molar-refractivity contribution in [2.75, 3.05) is 5.43 Å². The van der Waals surface area contributed by atoms with Crippen LogP contribution in [0, 0.1) is 0 Å². The smallest absolute Gasteiger partial charge is 0.277 e. The summed E-state index contributed by atoms with van der Waals surface area (Å²) in [6, 6.07) is 6.42. The molecule has 104 valence electrons. The molecule has 0 aliphatic carbocycles. The molecule has 0 amide bonds. The molecule has 0 atom stereocenters. The van der Waals surface area contributed by atoms with Crippen LogP contribution in [0.15, 0.2) is 47.8 Å². The number of alkyl halides is 3. The molecule has 0 bridgehead atoms.